The fraction of sp³-hybridized carbons (Fsp3) is 0.625. The van der Waals surface area contributed by atoms with E-state index in [1.807, 2.05) is 0 Å². The average Bonchev–Trinajstić information content (AvgIpc) is 1.99. The fourth-order valence-electron chi connectivity index (χ4n) is 0.254. The summed E-state index contributed by atoms with van der Waals surface area (Å²) >= 11 is 3.52. The van der Waals surface area contributed by atoms with Crippen LogP contribution >= 0.6 is 12.6 Å². The molecule has 12 heavy (non-hydrogen) atoms. The summed E-state index contributed by atoms with van der Waals surface area (Å²) in [6.45, 7) is 7.06. The highest BCUT2D eigenvalue weighted by atomic mass is 32.1. The van der Waals surface area contributed by atoms with Crippen molar-refractivity contribution < 1.29 is 14.6 Å². The number of hydrogen-bond donors (Lipinski definition) is 2. The van der Waals surface area contributed by atoms with E-state index in [4.69, 9.17) is 5.11 Å². The van der Waals surface area contributed by atoms with E-state index in [0.717, 1.165) is 0 Å². The van der Waals surface area contributed by atoms with Gasteiger partial charge in [-0.05, 0) is 6.92 Å². The molecule has 0 rings (SSSR count). The van der Waals surface area contributed by atoms with Gasteiger partial charge in [-0.1, -0.05) is 19.6 Å². The van der Waals surface area contributed by atoms with Crippen molar-refractivity contribution in [1.82, 2.24) is 0 Å². The van der Waals surface area contributed by atoms with Crippen molar-refractivity contribution in [1.29, 1.82) is 0 Å². The Bertz CT molecular complexity index is 121. The zero-order chi connectivity index (χ0) is 9.98. The minimum atomic E-state index is -0.472. The predicted octanol–water partition coefficient (Wildman–Crippen LogP) is 1.38. The molecule has 0 fully saturated rings. The fourth-order valence-corrected chi connectivity index (χ4v) is 0.254. The van der Waals surface area contributed by atoms with Gasteiger partial charge in [0.1, 0.15) is 6.61 Å². The Labute approximate surface area is 78.8 Å². The third-order valence-electron chi connectivity index (χ3n) is 0.651. The van der Waals surface area contributed by atoms with Gasteiger partial charge in [0.05, 0.1) is 5.44 Å². The first-order valence-corrected chi connectivity index (χ1v) is 4.18. The number of thiol groups is 1. The molecule has 3 nitrogen and oxygen atoms in total. The number of carbonyl (C=O) groups excluding carboxylic acids is 1. The summed E-state index contributed by atoms with van der Waals surface area (Å²) in [6, 6.07) is 0. The lowest BCUT2D eigenvalue weighted by molar-refractivity contribution is -0.141. The van der Waals surface area contributed by atoms with Crippen molar-refractivity contribution in [2.45, 2.75) is 25.7 Å². The summed E-state index contributed by atoms with van der Waals surface area (Å²) < 4.78 is 4.58. The minimum absolute atomic E-state index is 0.176. The van der Waals surface area contributed by atoms with Crippen LogP contribution in [0.5, 0.6) is 0 Å². The maximum atomic E-state index is 10.3. The smallest absolute Gasteiger partial charge is 0.305 e. The van der Waals surface area contributed by atoms with Crippen LogP contribution in [0.2, 0.25) is 0 Å². The number of rotatable bonds is 3. The predicted molar refractivity (Wildman–Crippen MR) is 52.1 cm³/mol. The number of esters is 1. The van der Waals surface area contributed by atoms with E-state index in [2.05, 4.69) is 23.9 Å². The van der Waals surface area contributed by atoms with E-state index in [-0.39, 0.29) is 5.97 Å². The highest BCUT2D eigenvalue weighted by molar-refractivity contribution is 7.80. The molecule has 72 valence electrons. The molecule has 0 aliphatic rings. The molecule has 0 spiro atoms. The largest absolute Gasteiger partial charge is 0.461 e. The van der Waals surface area contributed by atoms with Crippen molar-refractivity contribution in [3.8, 4) is 0 Å². The van der Waals surface area contributed by atoms with Gasteiger partial charge < -0.3 is 9.84 Å². The molecule has 0 aromatic rings. The van der Waals surface area contributed by atoms with E-state index in [1.54, 1.807) is 19.9 Å². The number of ether oxygens (including phenoxy) is 1. The van der Waals surface area contributed by atoms with Gasteiger partial charge in [0.15, 0.2) is 0 Å². The summed E-state index contributed by atoms with van der Waals surface area (Å²) in [5, 5.41) is 7.92. The van der Waals surface area contributed by atoms with Crippen LogP contribution in [0.25, 0.3) is 0 Å². The number of carbonyl (C=O) groups is 1. The normalized spacial score (nSPS) is 10.7. The molecule has 1 N–H and O–H groups in total. The van der Waals surface area contributed by atoms with E-state index < -0.39 is 5.44 Å². The van der Waals surface area contributed by atoms with Crippen LogP contribution in [-0.4, -0.2) is 23.1 Å². The summed E-state index contributed by atoms with van der Waals surface area (Å²) in [6.07, 6.45) is 1.99. The van der Waals surface area contributed by atoms with E-state index in [9.17, 15) is 4.79 Å². The van der Waals surface area contributed by atoms with Crippen molar-refractivity contribution in [2.24, 2.45) is 0 Å². The third-order valence-corrected chi connectivity index (χ3v) is 0.651. The summed E-state index contributed by atoms with van der Waals surface area (Å²) in [5.41, 5.74) is -0.472. The van der Waals surface area contributed by atoms with E-state index in [0.29, 0.717) is 13.0 Å². The van der Waals surface area contributed by atoms with Gasteiger partial charge in [-0.2, -0.15) is 0 Å². The molecule has 0 aromatic heterocycles. The van der Waals surface area contributed by atoms with Crippen LogP contribution in [0.1, 0.15) is 20.3 Å². The van der Waals surface area contributed by atoms with Crippen LogP contribution < -0.4 is 0 Å². The lowest BCUT2D eigenvalue weighted by Gasteiger charge is -1.94. The van der Waals surface area contributed by atoms with Crippen LogP contribution in [0.4, 0.5) is 0 Å². The second kappa shape index (κ2) is 10.5. The Kier molecular flexibility index (Phi) is 12.3. The number of aliphatic hydroxyl groups excluding tert-OH is 1. The highest BCUT2D eigenvalue weighted by Crippen LogP contribution is 1.82. The Morgan fingerprint density at radius 1 is 1.83 bits per heavy atom. The third kappa shape index (κ3) is 22.7. The zero-order valence-corrected chi connectivity index (χ0v) is 8.38. The van der Waals surface area contributed by atoms with Gasteiger partial charge in [-0.25, -0.2) is 0 Å². The maximum absolute atomic E-state index is 10.3. The first-order chi connectivity index (χ1) is 5.54. The SMILES string of the molecule is C=CCOC(=O)CC.CC(O)S. The molecular weight excluding hydrogens is 176 g/mol. The molecule has 0 aliphatic heterocycles. The summed E-state index contributed by atoms with van der Waals surface area (Å²) in [5.74, 6) is -0.176. The zero-order valence-electron chi connectivity index (χ0n) is 7.49. The number of hydrogen-bond acceptors (Lipinski definition) is 4. The monoisotopic (exact) mass is 192 g/mol. The van der Waals surface area contributed by atoms with Crippen molar-refractivity contribution in [3.63, 3.8) is 0 Å². The second-order valence-corrected chi connectivity index (χ2v) is 2.70. The van der Waals surface area contributed by atoms with Crippen LogP contribution in [0.3, 0.4) is 0 Å². The minimum Gasteiger partial charge on any atom is -0.461 e. The molecule has 0 bridgehead atoms. The van der Waals surface area contributed by atoms with Gasteiger partial charge >= 0.3 is 5.97 Å². The average molecular weight is 192 g/mol. The second-order valence-electron chi connectivity index (χ2n) is 1.96. The van der Waals surface area contributed by atoms with Crippen LogP contribution in [0, 0.1) is 0 Å². The molecule has 0 saturated heterocycles. The van der Waals surface area contributed by atoms with Gasteiger partial charge in [0.25, 0.3) is 0 Å². The van der Waals surface area contributed by atoms with Crippen LogP contribution in [-0.2, 0) is 9.53 Å². The quantitative estimate of drug-likeness (QED) is 0.307. The van der Waals surface area contributed by atoms with Crippen molar-refractivity contribution in [3.05, 3.63) is 12.7 Å². The lowest BCUT2D eigenvalue weighted by atomic mass is 10.5. The van der Waals surface area contributed by atoms with Gasteiger partial charge in [0.2, 0.25) is 0 Å². The summed E-state index contributed by atoms with van der Waals surface area (Å²) in [7, 11) is 0. The molecular formula is C8H16O3S. The Hall–Kier alpha value is -0.480. The molecule has 4 heteroatoms. The first kappa shape index (κ1) is 14.1. The lowest BCUT2D eigenvalue weighted by Crippen LogP contribution is -2.00. The standard InChI is InChI=1S/C6H10O2.C2H6OS/c1-3-5-8-6(7)4-2;1-2(3)4/h3H,1,4-5H2,2H3;2-4H,1H3. The van der Waals surface area contributed by atoms with Gasteiger partial charge in [-0.3, -0.25) is 4.79 Å². The number of aliphatic hydroxyl groups is 1. The molecule has 1 unspecified atom stereocenters. The molecule has 0 saturated carbocycles. The molecule has 0 heterocycles. The van der Waals surface area contributed by atoms with Crippen molar-refractivity contribution in [2.75, 3.05) is 6.61 Å². The van der Waals surface area contributed by atoms with E-state index in [1.165, 1.54) is 0 Å². The van der Waals surface area contributed by atoms with Crippen molar-refractivity contribution >= 4 is 18.6 Å². The Morgan fingerprint density at radius 2 is 2.25 bits per heavy atom. The Morgan fingerprint density at radius 3 is 2.50 bits per heavy atom. The first-order valence-electron chi connectivity index (χ1n) is 3.67. The molecule has 1 atom stereocenters. The topological polar surface area (TPSA) is 46.5 Å². The van der Waals surface area contributed by atoms with Gasteiger partial charge in [0, 0.05) is 6.42 Å². The maximum Gasteiger partial charge on any atom is 0.305 e. The van der Waals surface area contributed by atoms with Gasteiger partial charge in [-0.15, -0.1) is 12.6 Å². The Balaban J connectivity index is 0. The summed E-state index contributed by atoms with van der Waals surface area (Å²) in [4.78, 5) is 10.3. The molecule has 0 aliphatic carbocycles. The van der Waals surface area contributed by atoms with E-state index >= 15 is 0 Å². The molecule has 0 aromatic carbocycles. The molecule has 0 radical (unpaired) electrons. The van der Waals surface area contributed by atoms with Crippen LogP contribution in [0.15, 0.2) is 12.7 Å². The molecule has 0 amide bonds. The highest BCUT2D eigenvalue weighted by Gasteiger charge is 1.92.